The molecule has 5 nitrogen and oxygen atoms in total. The second kappa shape index (κ2) is 7.06. The average molecular weight is 296 g/mol. The molecule has 0 aliphatic rings. The molecule has 1 rings (SSSR count). The summed E-state index contributed by atoms with van der Waals surface area (Å²) in [6.45, 7) is 7.17. The molecule has 0 fully saturated rings. The number of halogens is 1. The lowest BCUT2D eigenvalue weighted by molar-refractivity contribution is 0.0506. The SMILES string of the molecule is C[C@H](CNC(=O)c1ccccc1F)NC(=O)OC(C)(C)C. The highest BCUT2D eigenvalue weighted by atomic mass is 19.1. The molecule has 2 amide bonds. The van der Waals surface area contributed by atoms with Crippen molar-refractivity contribution in [2.75, 3.05) is 6.54 Å². The lowest BCUT2D eigenvalue weighted by atomic mass is 10.2. The van der Waals surface area contributed by atoms with Crippen LogP contribution in [-0.2, 0) is 4.74 Å². The van der Waals surface area contributed by atoms with Gasteiger partial charge in [0.05, 0.1) is 5.56 Å². The summed E-state index contributed by atoms with van der Waals surface area (Å²) < 4.78 is 18.5. The van der Waals surface area contributed by atoms with Gasteiger partial charge >= 0.3 is 6.09 Å². The van der Waals surface area contributed by atoms with E-state index in [1.165, 1.54) is 18.2 Å². The standard InChI is InChI=1S/C15H21FN2O3/c1-10(18-14(20)21-15(2,3)4)9-17-13(19)11-7-5-6-8-12(11)16/h5-8,10H,9H2,1-4H3,(H,17,19)(H,18,20)/t10-/m1/s1. The molecule has 0 heterocycles. The average Bonchev–Trinajstić information content (AvgIpc) is 2.34. The minimum absolute atomic E-state index is 0.0260. The van der Waals surface area contributed by atoms with Crippen molar-refractivity contribution < 1.29 is 18.7 Å². The summed E-state index contributed by atoms with van der Waals surface area (Å²) in [4.78, 5) is 23.3. The first kappa shape index (κ1) is 16.9. The van der Waals surface area contributed by atoms with E-state index in [1.54, 1.807) is 33.8 Å². The number of benzene rings is 1. The van der Waals surface area contributed by atoms with Crippen molar-refractivity contribution in [3.63, 3.8) is 0 Å². The molecule has 0 spiro atoms. The van der Waals surface area contributed by atoms with Gasteiger partial charge in [-0.15, -0.1) is 0 Å². The molecule has 0 saturated heterocycles. The van der Waals surface area contributed by atoms with Crippen LogP contribution in [0.3, 0.4) is 0 Å². The van der Waals surface area contributed by atoms with Crippen LogP contribution in [0.5, 0.6) is 0 Å². The Morgan fingerprint density at radius 2 is 1.90 bits per heavy atom. The Morgan fingerprint density at radius 1 is 1.29 bits per heavy atom. The third kappa shape index (κ3) is 6.25. The van der Waals surface area contributed by atoms with Gasteiger partial charge in [-0.3, -0.25) is 4.79 Å². The van der Waals surface area contributed by atoms with E-state index in [-0.39, 0.29) is 18.2 Å². The summed E-state index contributed by atoms with van der Waals surface area (Å²) in [5, 5.41) is 5.15. The molecule has 0 radical (unpaired) electrons. The van der Waals surface area contributed by atoms with Gasteiger partial charge in [0.15, 0.2) is 0 Å². The fourth-order valence-corrected chi connectivity index (χ4v) is 1.55. The van der Waals surface area contributed by atoms with Gasteiger partial charge < -0.3 is 15.4 Å². The first-order valence-electron chi connectivity index (χ1n) is 6.71. The van der Waals surface area contributed by atoms with Crippen molar-refractivity contribution in [1.29, 1.82) is 0 Å². The number of rotatable bonds is 4. The molecular weight excluding hydrogens is 275 g/mol. The van der Waals surface area contributed by atoms with E-state index in [0.717, 1.165) is 0 Å². The number of alkyl carbamates (subject to hydrolysis) is 1. The third-order valence-electron chi connectivity index (χ3n) is 2.45. The van der Waals surface area contributed by atoms with Crippen LogP contribution in [0.25, 0.3) is 0 Å². The molecular formula is C15H21FN2O3. The summed E-state index contributed by atoms with van der Waals surface area (Å²) in [5.41, 5.74) is -0.609. The van der Waals surface area contributed by atoms with Crippen LogP contribution in [0, 0.1) is 5.82 Å². The van der Waals surface area contributed by atoms with Crippen LogP contribution in [-0.4, -0.2) is 30.2 Å². The maximum Gasteiger partial charge on any atom is 0.407 e. The van der Waals surface area contributed by atoms with Crippen molar-refractivity contribution in [3.8, 4) is 0 Å². The minimum atomic E-state index is -0.583. The molecule has 0 bridgehead atoms. The molecule has 6 heteroatoms. The second-order valence-corrected chi connectivity index (χ2v) is 5.74. The number of carbonyl (C=O) groups excluding carboxylic acids is 2. The molecule has 1 atom stereocenters. The van der Waals surface area contributed by atoms with Crippen LogP contribution in [0.4, 0.5) is 9.18 Å². The van der Waals surface area contributed by atoms with Gasteiger partial charge in [-0.25, -0.2) is 9.18 Å². The van der Waals surface area contributed by atoms with Crippen LogP contribution in [0.2, 0.25) is 0 Å². The van der Waals surface area contributed by atoms with Crippen molar-refractivity contribution in [2.45, 2.75) is 39.3 Å². The van der Waals surface area contributed by atoms with Crippen molar-refractivity contribution in [3.05, 3.63) is 35.6 Å². The minimum Gasteiger partial charge on any atom is -0.444 e. The predicted molar refractivity (Wildman–Crippen MR) is 77.6 cm³/mol. The maximum absolute atomic E-state index is 13.4. The summed E-state index contributed by atoms with van der Waals surface area (Å²) in [7, 11) is 0. The smallest absolute Gasteiger partial charge is 0.407 e. The fourth-order valence-electron chi connectivity index (χ4n) is 1.55. The highest BCUT2D eigenvalue weighted by Gasteiger charge is 2.18. The van der Waals surface area contributed by atoms with Crippen LogP contribution >= 0.6 is 0 Å². The largest absolute Gasteiger partial charge is 0.444 e. The van der Waals surface area contributed by atoms with Crippen LogP contribution in [0.1, 0.15) is 38.1 Å². The Labute approximate surface area is 123 Å². The van der Waals surface area contributed by atoms with E-state index in [9.17, 15) is 14.0 Å². The van der Waals surface area contributed by atoms with E-state index in [0.29, 0.717) is 0 Å². The Hall–Kier alpha value is -2.11. The monoisotopic (exact) mass is 296 g/mol. The predicted octanol–water partition coefficient (Wildman–Crippen LogP) is 2.47. The maximum atomic E-state index is 13.4. The molecule has 2 N–H and O–H groups in total. The molecule has 21 heavy (non-hydrogen) atoms. The number of nitrogens with one attached hydrogen (secondary N) is 2. The Balaban J connectivity index is 2.43. The highest BCUT2D eigenvalue weighted by Crippen LogP contribution is 2.07. The number of carbonyl (C=O) groups is 2. The summed E-state index contributed by atoms with van der Waals surface area (Å²) in [6, 6.07) is 5.38. The first-order chi connectivity index (χ1) is 9.69. The van der Waals surface area contributed by atoms with E-state index < -0.39 is 23.4 Å². The van der Waals surface area contributed by atoms with Gasteiger partial charge in [0.2, 0.25) is 0 Å². The number of amides is 2. The zero-order chi connectivity index (χ0) is 16.0. The van der Waals surface area contributed by atoms with Crippen LogP contribution in [0.15, 0.2) is 24.3 Å². The fraction of sp³-hybridized carbons (Fsp3) is 0.467. The molecule has 1 aromatic rings. The van der Waals surface area contributed by atoms with E-state index in [2.05, 4.69) is 10.6 Å². The molecule has 116 valence electrons. The van der Waals surface area contributed by atoms with Gasteiger partial charge in [0.1, 0.15) is 11.4 Å². The zero-order valence-corrected chi connectivity index (χ0v) is 12.7. The Kier molecular flexibility index (Phi) is 5.69. The van der Waals surface area contributed by atoms with Gasteiger partial charge in [0.25, 0.3) is 5.91 Å². The van der Waals surface area contributed by atoms with E-state index in [1.807, 2.05) is 0 Å². The zero-order valence-electron chi connectivity index (χ0n) is 12.7. The van der Waals surface area contributed by atoms with Gasteiger partial charge in [-0.1, -0.05) is 12.1 Å². The van der Waals surface area contributed by atoms with Gasteiger partial charge in [-0.2, -0.15) is 0 Å². The number of hydrogen-bond acceptors (Lipinski definition) is 3. The summed E-state index contributed by atoms with van der Waals surface area (Å²) in [6.07, 6.45) is -0.560. The Bertz CT molecular complexity index is 512. The van der Waals surface area contributed by atoms with Crippen LogP contribution < -0.4 is 10.6 Å². The molecule has 0 unspecified atom stereocenters. The Morgan fingerprint density at radius 3 is 2.48 bits per heavy atom. The molecule has 0 saturated carbocycles. The molecule has 0 aromatic heterocycles. The first-order valence-corrected chi connectivity index (χ1v) is 6.71. The molecule has 0 aliphatic heterocycles. The quantitative estimate of drug-likeness (QED) is 0.897. The lowest BCUT2D eigenvalue weighted by Gasteiger charge is -2.22. The van der Waals surface area contributed by atoms with Crippen molar-refractivity contribution in [1.82, 2.24) is 10.6 Å². The van der Waals surface area contributed by atoms with Crippen molar-refractivity contribution in [2.24, 2.45) is 0 Å². The third-order valence-corrected chi connectivity index (χ3v) is 2.45. The summed E-state index contributed by atoms with van der Waals surface area (Å²) >= 11 is 0. The number of ether oxygens (including phenoxy) is 1. The molecule has 0 aliphatic carbocycles. The van der Waals surface area contributed by atoms with Crippen molar-refractivity contribution >= 4 is 12.0 Å². The van der Waals surface area contributed by atoms with E-state index >= 15 is 0 Å². The normalized spacial score (nSPS) is 12.4. The lowest BCUT2D eigenvalue weighted by Crippen LogP contribution is -2.44. The van der Waals surface area contributed by atoms with Gasteiger partial charge in [-0.05, 0) is 39.8 Å². The summed E-state index contributed by atoms with van der Waals surface area (Å²) in [5.74, 6) is -1.10. The molecule has 1 aromatic carbocycles. The highest BCUT2D eigenvalue weighted by molar-refractivity contribution is 5.94. The number of hydrogen-bond donors (Lipinski definition) is 2. The topological polar surface area (TPSA) is 67.4 Å². The van der Waals surface area contributed by atoms with Gasteiger partial charge in [0, 0.05) is 12.6 Å². The van der Waals surface area contributed by atoms with E-state index in [4.69, 9.17) is 4.74 Å². The second-order valence-electron chi connectivity index (χ2n) is 5.74.